The number of allylic oxidation sites excluding steroid dienone is 2. The van der Waals surface area contributed by atoms with Crippen LogP contribution in [0.2, 0.25) is 0 Å². The Morgan fingerprint density at radius 3 is 2.53 bits per heavy atom. The van der Waals surface area contributed by atoms with E-state index in [-0.39, 0.29) is 11.1 Å². The molecule has 0 fully saturated rings. The summed E-state index contributed by atoms with van der Waals surface area (Å²) in [5.74, 6) is -2.59. The van der Waals surface area contributed by atoms with E-state index in [0.29, 0.717) is 11.1 Å². The van der Waals surface area contributed by atoms with Crippen molar-refractivity contribution in [1.29, 1.82) is 0 Å². The molecule has 0 aliphatic heterocycles. The number of nitrogens with one attached hydrogen (secondary N) is 1. The molecule has 1 N–H and O–H groups in total. The Morgan fingerprint density at radius 2 is 1.91 bits per heavy atom. The zero-order chi connectivity index (χ0) is 23.5. The van der Waals surface area contributed by atoms with Gasteiger partial charge in [0.1, 0.15) is 0 Å². The second-order valence-electron chi connectivity index (χ2n) is 7.44. The summed E-state index contributed by atoms with van der Waals surface area (Å²) < 4.78 is 57.9. The summed E-state index contributed by atoms with van der Waals surface area (Å²) in [6, 6.07) is 8.93. The van der Waals surface area contributed by atoms with Crippen molar-refractivity contribution >= 4 is 17.3 Å². The number of ether oxygens (including phenoxy) is 1. The molecule has 168 valence electrons. The maximum atomic E-state index is 13.8. The van der Waals surface area contributed by atoms with Gasteiger partial charge in [-0.1, -0.05) is 36.4 Å². The molecule has 0 radical (unpaired) electrons. The van der Waals surface area contributed by atoms with Crippen LogP contribution in [0.1, 0.15) is 36.2 Å². The SMILES string of the molecule is CC1=C(c2ccccc2)C=CC(CC(C)NC(=O)c2ccncc2F)(OC(F)(F)F)C1=O. The second kappa shape index (κ2) is 9.04. The molecule has 1 aliphatic rings. The molecule has 3 rings (SSSR count). The number of carbonyl (C=O) groups is 2. The Bertz CT molecular complexity index is 1080. The number of pyridine rings is 1. The maximum absolute atomic E-state index is 13.8. The zero-order valence-electron chi connectivity index (χ0n) is 17.2. The third-order valence-electron chi connectivity index (χ3n) is 5.03. The number of Topliss-reactive ketones (excluding diaryl/α,β-unsaturated/α-hetero) is 1. The van der Waals surface area contributed by atoms with E-state index in [1.165, 1.54) is 26.1 Å². The number of hydrogen-bond acceptors (Lipinski definition) is 4. The summed E-state index contributed by atoms with van der Waals surface area (Å²) >= 11 is 0. The first kappa shape index (κ1) is 23.3. The Labute approximate surface area is 181 Å². The fourth-order valence-corrected chi connectivity index (χ4v) is 3.64. The lowest BCUT2D eigenvalue weighted by molar-refractivity contribution is -0.352. The van der Waals surface area contributed by atoms with Crippen molar-refractivity contribution in [3.8, 4) is 0 Å². The molecule has 1 aromatic heterocycles. The molecule has 5 nitrogen and oxygen atoms in total. The number of hydrogen-bond donors (Lipinski definition) is 1. The monoisotopic (exact) mass is 448 g/mol. The van der Waals surface area contributed by atoms with E-state index in [0.717, 1.165) is 18.3 Å². The molecule has 1 aliphatic carbocycles. The highest BCUT2D eigenvalue weighted by atomic mass is 19.4. The van der Waals surface area contributed by atoms with E-state index in [1.54, 1.807) is 30.3 Å². The predicted octanol–water partition coefficient (Wildman–Crippen LogP) is 4.62. The van der Waals surface area contributed by atoms with Gasteiger partial charge in [0.15, 0.2) is 17.2 Å². The third-order valence-corrected chi connectivity index (χ3v) is 5.03. The van der Waals surface area contributed by atoms with Crippen molar-refractivity contribution in [2.75, 3.05) is 0 Å². The van der Waals surface area contributed by atoms with Gasteiger partial charge in [-0.15, -0.1) is 13.2 Å². The van der Waals surface area contributed by atoms with Crippen LogP contribution < -0.4 is 5.32 Å². The van der Waals surface area contributed by atoms with Crippen LogP contribution in [0.25, 0.3) is 5.57 Å². The molecule has 0 spiro atoms. The van der Waals surface area contributed by atoms with Crippen LogP contribution in [0.3, 0.4) is 0 Å². The molecular formula is C23H20F4N2O3. The zero-order valence-corrected chi connectivity index (χ0v) is 17.2. The normalized spacial score (nSPS) is 19.8. The highest BCUT2D eigenvalue weighted by Crippen LogP contribution is 2.38. The van der Waals surface area contributed by atoms with E-state index >= 15 is 0 Å². The topological polar surface area (TPSA) is 68.3 Å². The van der Waals surface area contributed by atoms with Gasteiger partial charge in [-0.25, -0.2) is 4.39 Å². The van der Waals surface area contributed by atoms with Crippen molar-refractivity contribution in [2.24, 2.45) is 0 Å². The number of benzene rings is 1. The Morgan fingerprint density at radius 1 is 1.22 bits per heavy atom. The molecule has 32 heavy (non-hydrogen) atoms. The predicted molar refractivity (Wildman–Crippen MR) is 109 cm³/mol. The summed E-state index contributed by atoms with van der Waals surface area (Å²) in [5.41, 5.74) is -1.44. The van der Waals surface area contributed by atoms with Crippen LogP contribution in [-0.4, -0.2) is 34.7 Å². The molecular weight excluding hydrogens is 428 g/mol. The minimum absolute atomic E-state index is 0.0988. The lowest BCUT2D eigenvalue weighted by atomic mass is 9.79. The van der Waals surface area contributed by atoms with Crippen LogP contribution in [0.5, 0.6) is 0 Å². The van der Waals surface area contributed by atoms with Gasteiger partial charge in [-0.3, -0.25) is 19.3 Å². The van der Waals surface area contributed by atoms with Gasteiger partial charge in [0, 0.05) is 24.2 Å². The number of halogens is 4. The van der Waals surface area contributed by atoms with Crippen LogP contribution in [-0.2, 0) is 9.53 Å². The van der Waals surface area contributed by atoms with E-state index in [4.69, 9.17) is 0 Å². The van der Waals surface area contributed by atoms with Crippen molar-refractivity contribution in [1.82, 2.24) is 10.3 Å². The largest absolute Gasteiger partial charge is 0.523 e. The summed E-state index contributed by atoms with van der Waals surface area (Å²) in [6.07, 6.45) is -1.09. The molecule has 2 atom stereocenters. The maximum Gasteiger partial charge on any atom is 0.523 e. The number of ketones is 1. The van der Waals surface area contributed by atoms with Crippen LogP contribution >= 0.6 is 0 Å². The summed E-state index contributed by atoms with van der Waals surface area (Å²) in [6.45, 7) is 2.84. The van der Waals surface area contributed by atoms with E-state index in [2.05, 4.69) is 15.0 Å². The third kappa shape index (κ3) is 5.11. The number of amides is 1. The highest BCUT2D eigenvalue weighted by Gasteiger charge is 2.50. The quantitative estimate of drug-likeness (QED) is 0.655. The molecule has 1 amide bonds. The minimum atomic E-state index is -5.11. The van der Waals surface area contributed by atoms with E-state index < -0.39 is 41.9 Å². The van der Waals surface area contributed by atoms with Gasteiger partial charge >= 0.3 is 6.36 Å². The average molecular weight is 448 g/mol. The van der Waals surface area contributed by atoms with Crippen molar-refractivity contribution < 1.29 is 31.9 Å². The fraction of sp³-hybridized carbons (Fsp3) is 0.261. The van der Waals surface area contributed by atoms with Gasteiger partial charge in [-0.2, -0.15) is 0 Å². The van der Waals surface area contributed by atoms with E-state index in [1.807, 2.05) is 0 Å². The number of nitrogens with zero attached hydrogens (tertiary/aromatic N) is 1. The summed E-state index contributed by atoms with van der Waals surface area (Å²) in [5, 5.41) is 2.42. The molecule has 2 unspecified atom stereocenters. The Kier molecular flexibility index (Phi) is 6.59. The van der Waals surface area contributed by atoms with Gasteiger partial charge in [0.05, 0.1) is 11.8 Å². The second-order valence-corrected chi connectivity index (χ2v) is 7.44. The standard InChI is InChI=1S/C23H20F4N2O3/c1-14(29-21(31)18-9-11-28-13-19(18)24)12-22(32-23(25,26)27)10-8-17(15(2)20(22)30)16-6-4-3-5-7-16/h3-11,13-14H,12H2,1-2H3,(H,29,31). The van der Waals surface area contributed by atoms with Gasteiger partial charge in [-0.05, 0) is 37.1 Å². The number of aromatic nitrogens is 1. The van der Waals surface area contributed by atoms with Crippen molar-refractivity contribution in [3.63, 3.8) is 0 Å². The van der Waals surface area contributed by atoms with Gasteiger partial charge < -0.3 is 5.32 Å². The first-order valence-electron chi connectivity index (χ1n) is 9.70. The molecule has 0 saturated carbocycles. The molecule has 0 saturated heterocycles. The van der Waals surface area contributed by atoms with Crippen LogP contribution in [0, 0.1) is 5.82 Å². The molecule has 1 aromatic carbocycles. The smallest absolute Gasteiger partial charge is 0.349 e. The first-order chi connectivity index (χ1) is 15.0. The van der Waals surface area contributed by atoms with Crippen LogP contribution in [0.4, 0.5) is 17.6 Å². The van der Waals surface area contributed by atoms with Crippen molar-refractivity contribution in [2.45, 2.75) is 38.3 Å². The Hall–Kier alpha value is -3.33. The number of carbonyl (C=O) groups excluding carboxylic acids is 2. The molecule has 9 heteroatoms. The van der Waals surface area contributed by atoms with Gasteiger partial charge in [0.2, 0.25) is 0 Å². The highest BCUT2D eigenvalue weighted by molar-refractivity contribution is 6.12. The lowest BCUT2D eigenvalue weighted by Gasteiger charge is -2.35. The number of rotatable bonds is 6. The lowest BCUT2D eigenvalue weighted by Crippen LogP contribution is -2.50. The van der Waals surface area contributed by atoms with Crippen LogP contribution in [0.15, 0.2) is 66.5 Å². The van der Waals surface area contributed by atoms with Gasteiger partial charge in [0.25, 0.3) is 5.91 Å². The Balaban J connectivity index is 1.88. The minimum Gasteiger partial charge on any atom is -0.349 e. The summed E-state index contributed by atoms with van der Waals surface area (Å²) in [7, 11) is 0. The summed E-state index contributed by atoms with van der Waals surface area (Å²) in [4.78, 5) is 29.0. The molecule has 2 aromatic rings. The first-order valence-corrected chi connectivity index (χ1v) is 9.70. The average Bonchev–Trinajstić information content (AvgIpc) is 2.72. The molecule has 0 bridgehead atoms. The van der Waals surface area contributed by atoms with E-state index in [9.17, 15) is 27.2 Å². The number of alkyl halides is 3. The molecule has 1 heterocycles. The fourth-order valence-electron chi connectivity index (χ4n) is 3.64. The van der Waals surface area contributed by atoms with Crippen molar-refractivity contribution in [3.05, 3.63) is 83.5 Å².